The molecule has 27 heavy (non-hydrogen) atoms. The maximum absolute atomic E-state index is 5.96. The van der Waals surface area contributed by atoms with Crippen LogP contribution in [0.4, 0.5) is 0 Å². The molecule has 0 bridgehead atoms. The molecule has 8 nitrogen and oxygen atoms in total. The molecule has 0 amide bonds. The molecule has 142 valence electrons. The minimum atomic E-state index is -0.0134. The molecule has 0 saturated carbocycles. The van der Waals surface area contributed by atoms with E-state index in [9.17, 15) is 0 Å². The van der Waals surface area contributed by atoms with Crippen molar-refractivity contribution in [2.24, 2.45) is 4.99 Å². The van der Waals surface area contributed by atoms with Gasteiger partial charge in [-0.15, -0.1) is 5.10 Å². The standard InChI is InChI=1S/C19H24N6O2/c1-13-7-4-5-8-15(13)27-14(2)11-21-19(20-3)22-12-17-23-18(25-24-17)16-9-6-10-26-16/h4-10,14H,11-12H2,1-3H3,(H2,20,21,22)(H,23,24,25). The molecule has 0 aliphatic carbocycles. The van der Waals surface area contributed by atoms with E-state index in [2.05, 4.69) is 30.8 Å². The normalized spacial score (nSPS) is 12.6. The molecule has 3 aromatic rings. The largest absolute Gasteiger partial charge is 0.489 e. The average molecular weight is 368 g/mol. The molecule has 8 heteroatoms. The van der Waals surface area contributed by atoms with Gasteiger partial charge >= 0.3 is 0 Å². The summed E-state index contributed by atoms with van der Waals surface area (Å²) in [6, 6.07) is 11.6. The lowest BCUT2D eigenvalue weighted by Gasteiger charge is -2.18. The van der Waals surface area contributed by atoms with Crippen LogP contribution in [0.25, 0.3) is 11.6 Å². The Morgan fingerprint density at radius 3 is 2.85 bits per heavy atom. The number of ether oxygens (including phenoxy) is 1. The van der Waals surface area contributed by atoms with E-state index in [0.717, 1.165) is 11.3 Å². The molecular weight excluding hydrogens is 344 g/mol. The molecule has 1 unspecified atom stereocenters. The van der Waals surface area contributed by atoms with Gasteiger partial charge in [0.15, 0.2) is 11.7 Å². The molecule has 1 aromatic carbocycles. The van der Waals surface area contributed by atoms with Gasteiger partial charge in [0.2, 0.25) is 5.82 Å². The van der Waals surface area contributed by atoms with Gasteiger partial charge in [-0.25, -0.2) is 4.98 Å². The van der Waals surface area contributed by atoms with Crippen LogP contribution < -0.4 is 15.4 Å². The van der Waals surface area contributed by atoms with Crippen molar-refractivity contribution in [3.63, 3.8) is 0 Å². The summed E-state index contributed by atoms with van der Waals surface area (Å²) in [5.41, 5.74) is 1.12. The van der Waals surface area contributed by atoms with Crippen LogP contribution in [0, 0.1) is 6.92 Å². The Kier molecular flexibility index (Phi) is 6.09. The van der Waals surface area contributed by atoms with Crippen LogP contribution >= 0.6 is 0 Å². The van der Waals surface area contributed by atoms with Crippen molar-refractivity contribution in [3.8, 4) is 17.3 Å². The molecule has 3 N–H and O–H groups in total. The first kappa shape index (κ1) is 18.5. The zero-order valence-corrected chi connectivity index (χ0v) is 15.7. The van der Waals surface area contributed by atoms with Crippen LogP contribution in [0.1, 0.15) is 18.3 Å². The van der Waals surface area contributed by atoms with E-state index in [1.54, 1.807) is 19.4 Å². The Labute approximate surface area is 158 Å². The number of aryl methyl sites for hydroxylation is 1. The molecule has 0 saturated heterocycles. The van der Waals surface area contributed by atoms with Crippen molar-refractivity contribution in [1.82, 2.24) is 25.8 Å². The predicted molar refractivity (Wildman–Crippen MR) is 104 cm³/mol. The maximum atomic E-state index is 5.96. The Balaban J connectivity index is 1.46. The quantitative estimate of drug-likeness (QED) is 0.438. The highest BCUT2D eigenvalue weighted by Crippen LogP contribution is 2.17. The third kappa shape index (κ3) is 5.10. The summed E-state index contributed by atoms with van der Waals surface area (Å²) < 4.78 is 11.2. The van der Waals surface area contributed by atoms with E-state index in [-0.39, 0.29) is 6.10 Å². The van der Waals surface area contributed by atoms with Gasteiger partial charge < -0.3 is 19.8 Å². The zero-order chi connectivity index (χ0) is 19.1. The van der Waals surface area contributed by atoms with Crippen molar-refractivity contribution >= 4 is 5.96 Å². The van der Waals surface area contributed by atoms with E-state index in [0.29, 0.717) is 36.5 Å². The SMILES string of the molecule is CN=C(NCc1nc(-c2ccco2)n[nH]1)NCC(C)Oc1ccccc1C. The summed E-state index contributed by atoms with van der Waals surface area (Å²) >= 11 is 0. The molecule has 0 fully saturated rings. The highest BCUT2D eigenvalue weighted by molar-refractivity contribution is 5.79. The van der Waals surface area contributed by atoms with Gasteiger partial charge in [0.1, 0.15) is 17.7 Å². The first-order valence-corrected chi connectivity index (χ1v) is 8.77. The number of hydrogen-bond donors (Lipinski definition) is 3. The van der Waals surface area contributed by atoms with Crippen molar-refractivity contribution in [1.29, 1.82) is 0 Å². The summed E-state index contributed by atoms with van der Waals surface area (Å²) in [5.74, 6) is 3.39. The smallest absolute Gasteiger partial charge is 0.216 e. The summed E-state index contributed by atoms with van der Waals surface area (Å²) in [5, 5.41) is 13.5. The molecular formula is C19H24N6O2. The molecule has 1 atom stereocenters. The zero-order valence-electron chi connectivity index (χ0n) is 15.7. The summed E-state index contributed by atoms with van der Waals surface area (Å²) in [6.45, 7) is 5.12. The van der Waals surface area contributed by atoms with Crippen LogP contribution in [-0.2, 0) is 6.54 Å². The van der Waals surface area contributed by atoms with Gasteiger partial charge in [0.05, 0.1) is 19.4 Å². The Bertz CT molecular complexity index is 872. The lowest BCUT2D eigenvalue weighted by atomic mass is 10.2. The summed E-state index contributed by atoms with van der Waals surface area (Å²) in [7, 11) is 1.72. The van der Waals surface area contributed by atoms with Crippen molar-refractivity contribution in [3.05, 3.63) is 54.0 Å². The Hall–Kier alpha value is -3.29. The number of aromatic amines is 1. The second-order valence-electron chi connectivity index (χ2n) is 6.08. The number of hydrogen-bond acceptors (Lipinski definition) is 5. The van der Waals surface area contributed by atoms with Crippen molar-refractivity contribution in [2.75, 3.05) is 13.6 Å². The van der Waals surface area contributed by atoms with Gasteiger partial charge in [0.25, 0.3) is 0 Å². The Morgan fingerprint density at radius 2 is 2.11 bits per heavy atom. The number of aromatic nitrogens is 3. The molecule has 0 aliphatic rings. The molecule has 3 rings (SSSR count). The topological polar surface area (TPSA) is 100 Å². The van der Waals surface area contributed by atoms with Crippen LogP contribution in [-0.4, -0.2) is 40.8 Å². The molecule has 2 heterocycles. The lowest BCUT2D eigenvalue weighted by Crippen LogP contribution is -2.41. The number of para-hydroxylation sites is 1. The van der Waals surface area contributed by atoms with E-state index in [4.69, 9.17) is 9.15 Å². The van der Waals surface area contributed by atoms with Crippen molar-refractivity contribution in [2.45, 2.75) is 26.5 Å². The van der Waals surface area contributed by atoms with Gasteiger partial charge in [-0.2, -0.15) is 0 Å². The van der Waals surface area contributed by atoms with Gasteiger partial charge in [-0.05, 0) is 37.6 Å². The molecule has 2 aromatic heterocycles. The van der Waals surface area contributed by atoms with E-state index in [1.807, 2.05) is 44.2 Å². The molecule has 0 spiro atoms. The lowest BCUT2D eigenvalue weighted by molar-refractivity contribution is 0.222. The number of guanidine groups is 1. The fourth-order valence-electron chi connectivity index (χ4n) is 2.47. The number of furan rings is 1. The highest BCUT2D eigenvalue weighted by atomic mass is 16.5. The summed E-state index contributed by atoms with van der Waals surface area (Å²) in [4.78, 5) is 8.60. The van der Waals surface area contributed by atoms with E-state index >= 15 is 0 Å². The van der Waals surface area contributed by atoms with Gasteiger partial charge in [-0.3, -0.25) is 10.1 Å². The van der Waals surface area contributed by atoms with E-state index in [1.165, 1.54) is 0 Å². The third-order valence-electron chi connectivity index (χ3n) is 3.90. The highest BCUT2D eigenvalue weighted by Gasteiger charge is 2.10. The first-order chi connectivity index (χ1) is 13.2. The molecule has 0 aliphatic heterocycles. The number of aliphatic imine (C=N–C) groups is 1. The second kappa shape index (κ2) is 8.88. The number of H-pyrrole nitrogens is 1. The number of nitrogens with zero attached hydrogens (tertiary/aromatic N) is 3. The van der Waals surface area contributed by atoms with Crippen molar-refractivity contribution < 1.29 is 9.15 Å². The number of benzene rings is 1. The second-order valence-corrected chi connectivity index (χ2v) is 6.08. The minimum Gasteiger partial charge on any atom is -0.489 e. The third-order valence-corrected chi connectivity index (χ3v) is 3.90. The number of rotatable bonds is 7. The fraction of sp³-hybridized carbons (Fsp3) is 0.316. The maximum Gasteiger partial charge on any atom is 0.216 e. The van der Waals surface area contributed by atoms with Crippen LogP contribution in [0.15, 0.2) is 52.1 Å². The fourth-order valence-corrected chi connectivity index (χ4v) is 2.47. The molecule has 0 radical (unpaired) electrons. The number of nitrogens with one attached hydrogen (secondary N) is 3. The predicted octanol–water partition coefficient (Wildman–Crippen LogP) is 2.51. The van der Waals surface area contributed by atoms with Gasteiger partial charge in [0, 0.05) is 7.05 Å². The van der Waals surface area contributed by atoms with E-state index < -0.39 is 0 Å². The Morgan fingerprint density at radius 1 is 1.26 bits per heavy atom. The first-order valence-electron chi connectivity index (χ1n) is 8.77. The van der Waals surface area contributed by atoms with Gasteiger partial charge in [-0.1, -0.05) is 18.2 Å². The summed E-state index contributed by atoms with van der Waals surface area (Å²) in [6.07, 6.45) is 1.58. The monoisotopic (exact) mass is 368 g/mol. The minimum absolute atomic E-state index is 0.0134. The average Bonchev–Trinajstić information content (AvgIpc) is 3.35. The van der Waals surface area contributed by atoms with Crippen LogP contribution in [0.5, 0.6) is 5.75 Å². The van der Waals surface area contributed by atoms with Crippen LogP contribution in [0.2, 0.25) is 0 Å². The van der Waals surface area contributed by atoms with Crippen LogP contribution in [0.3, 0.4) is 0 Å².